The molecule has 0 radical (unpaired) electrons. The highest BCUT2D eigenvalue weighted by Gasteiger charge is 2.12. The standard InChI is InChI=1S/C15H24ClFN2/c1-11(2)7-13(10-19(3)4)18-9-12-5-6-14(16)15(17)8-12/h5-6,8,11,13,18H,7,9-10H2,1-4H3. The van der Waals surface area contributed by atoms with Gasteiger partial charge in [0.25, 0.3) is 0 Å². The minimum Gasteiger partial charge on any atom is -0.309 e. The van der Waals surface area contributed by atoms with E-state index in [1.54, 1.807) is 6.07 Å². The molecule has 0 saturated heterocycles. The number of benzene rings is 1. The average Bonchev–Trinajstić information content (AvgIpc) is 2.29. The molecule has 1 aromatic rings. The van der Waals surface area contributed by atoms with Gasteiger partial charge >= 0.3 is 0 Å². The zero-order chi connectivity index (χ0) is 14.4. The van der Waals surface area contributed by atoms with E-state index in [9.17, 15) is 4.39 Å². The van der Waals surface area contributed by atoms with Gasteiger partial charge in [-0.3, -0.25) is 0 Å². The summed E-state index contributed by atoms with van der Waals surface area (Å²) in [6.45, 7) is 6.08. The molecule has 1 N–H and O–H groups in total. The van der Waals surface area contributed by atoms with Crippen molar-refractivity contribution in [2.24, 2.45) is 5.92 Å². The summed E-state index contributed by atoms with van der Waals surface area (Å²) in [6.07, 6.45) is 1.11. The quantitative estimate of drug-likeness (QED) is 0.825. The lowest BCUT2D eigenvalue weighted by molar-refractivity contribution is 0.305. The highest BCUT2D eigenvalue weighted by atomic mass is 35.5. The Bertz CT molecular complexity index is 384. The first-order chi connectivity index (χ1) is 8.88. The molecule has 0 aliphatic rings. The predicted octanol–water partition coefficient (Wildman–Crippen LogP) is 3.55. The third kappa shape index (κ3) is 6.37. The van der Waals surface area contributed by atoms with Crippen molar-refractivity contribution in [2.75, 3.05) is 20.6 Å². The molecule has 0 saturated carbocycles. The summed E-state index contributed by atoms with van der Waals surface area (Å²) in [5.41, 5.74) is 0.925. The van der Waals surface area contributed by atoms with E-state index in [0.29, 0.717) is 18.5 Å². The van der Waals surface area contributed by atoms with Gasteiger partial charge in [0.15, 0.2) is 0 Å². The van der Waals surface area contributed by atoms with Crippen LogP contribution < -0.4 is 5.32 Å². The molecule has 0 fully saturated rings. The SMILES string of the molecule is CC(C)CC(CN(C)C)NCc1ccc(Cl)c(F)c1. The minimum atomic E-state index is -0.353. The maximum atomic E-state index is 13.4. The van der Waals surface area contributed by atoms with E-state index in [0.717, 1.165) is 18.5 Å². The highest BCUT2D eigenvalue weighted by Crippen LogP contribution is 2.16. The number of nitrogens with zero attached hydrogens (tertiary/aromatic N) is 1. The molecule has 0 spiro atoms. The van der Waals surface area contributed by atoms with Crippen molar-refractivity contribution in [3.05, 3.63) is 34.6 Å². The van der Waals surface area contributed by atoms with Crippen LogP contribution in [0.25, 0.3) is 0 Å². The van der Waals surface area contributed by atoms with Gasteiger partial charge in [-0.1, -0.05) is 31.5 Å². The van der Waals surface area contributed by atoms with Crippen LogP contribution in [-0.2, 0) is 6.54 Å². The second-order valence-corrected chi connectivity index (χ2v) is 6.13. The van der Waals surface area contributed by atoms with E-state index < -0.39 is 0 Å². The van der Waals surface area contributed by atoms with Crippen molar-refractivity contribution in [1.29, 1.82) is 0 Å². The van der Waals surface area contributed by atoms with Crippen molar-refractivity contribution in [1.82, 2.24) is 10.2 Å². The van der Waals surface area contributed by atoms with Gasteiger partial charge in [-0.15, -0.1) is 0 Å². The van der Waals surface area contributed by atoms with Gasteiger partial charge in [-0.05, 0) is 44.1 Å². The van der Waals surface area contributed by atoms with Crippen LogP contribution in [0.15, 0.2) is 18.2 Å². The molecule has 1 atom stereocenters. The van der Waals surface area contributed by atoms with E-state index >= 15 is 0 Å². The molecule has 0 aliphatic carbocycles. The second kappa shape index (κ2) is 7.83. The van der Waals surface area contributed by atoms with Gasteiger partial charge in [0.1, 0.15) is 5.82 Å². The molecule has 0 amide bonds. The number of hydrogen-bond donors (Lipinski definition) is 1. The van der Waals surface area contributed by atoms with Gasteiger partial charge in [0.2, 0.25) is 0 Å². The van der Waals surface area contributed by atoms with Crippen LogP contribution in [0.5, 0.6) is 0 Å². The fourth-order valence-corrected chi connectivity index (χ4v) is 2.26. The molecular weight excluding hydrogens is 263 g/mol. The second-order valence-electron chi connectivity index (χ2n) is 5.72. The molecule has 1 aromatic carbocycles. The largest absolute Gasteiger partial charge is 0.309 e. The Balaban J connectivity index is 2.56. The summed E-state index contributed by atoms with van der Waals surface area (Å²) in [4.78, 5) is 2.17. The van der Waals surface area contributed by atoms with Crippen molar-refractivity contribution in [2.45, 2.75) is 32.9 Å². The molecule has 19 heavy (non-hydrogen) atoms. The number of nitrogens with one attached hydrogen (secondary N) is 1. The van der Waals surface area contributed by atoms with Gasteiger partial charge in [-0.2, -0.15) is 0 Å². The van der Waals surface area contributed by atoms with Crippen LogP contribution in [0.1, 0.15) is 25.8 Å². The van der Waals surface area contributed by atoms with Crippen LogP contribution in [0.3, 0.4) is 0 Å². The zero-order valence-electron chi connectivity index (χ0n) is 12.2. The van der Waals surface area contributed by atoms with E-state index in [1.807, 2.05) is 6.07 Å². The Morgan fingerprint density at radius 2 is 2.00 bits per heavy atom. The number of hydrogen-bond acceptors (Lipinski definition) is 2. The Morgan fingerprint density at radius 1 is 1.32 bits per heavy atom. The fraction of sp³-hybridized carbons (Fsp3) is 0.600. The van der Waals surface area contributed by atoms with Crippen molar-refractivity contribution >= 4 is 11.6 Å². The van der Waals surface area contributed by atoms with Crippen LogP contribution in [0.4, 0.5) is 4.39 Å². The molecule has 0 bridgehead atoms. The first-order valence-corrected chi connectivity index (χ1v) is 7.08. The molecule has 1 unspecified atom stereocenters. The number of rotatable bonds is 7. The maximum Gasteiger partial charge on any atom is 0.142 e. The number of likely N-dealkylation sites (N-methyl/N-ethyl adjacent to an activating group) is 1. The lowest BCUT2D eigenvalue weighted by atomic mass is 10.0. The number of halogens is 2. The lowest BCUT2D eigenvalue weighted by Gasteiger charge is -2.24. The van der Waals surface area contributed by atoms with Crippen molar-refractivity contribution in [3.8, 4) is 0 Å². The van der Waals surface area contributed by atoms with Gasteiger partial charge in [0.05, 0.1) is 5.02 Å². The average molecular weight is 287 g/mol. The third-order valence-corrected chi connectivity index (χ3v) is 3.23. The molecule has 108 valence electrons. The Morgan fingerprint density at radius 3 is 2.53 bits per heavy atom. The first kappa shape index (κ1) is 16.4. The van der Waals surface area contributed by atoms with Gasteiger partial charge < -0.3 is 10.2 Å². The fourth-order valence-electron chi connectivity index (χ4n) is 2.14. The molecule has 0 heterocycles. The van der Waals surface area contributed by atoms with E-state index in [1.165, 1.54) is 6.07 Å². The normalized spacial score (nSPS) is 13.3. The van der Waals surface area contributed by atoms with E-state index in [4.69, 9.17) is 11.6 Å². The maximum absolute atomic E-state index is 13.4. The molecule has 4 heteroatoms. The minimum absolute atomic E-state index is 0.177. The first-order valence-electron chi connectivity index (χ1n) is 6.70. The van der Waals surface area contributed by atoms with Crippen LogP contribution in [-0.4, -0.2) is 31.6 Å². The van der Waals surface area contributed by atoms with Crippen LogP contribution in [0, 0.1) is 11.7 Å². The summed E-state index contributed by atoms with van der Waals surface area (Å²) >= 11 is 5.68. The summed E-state index contributed by atoms with van der Waals surface area (Å²) in [5.74, 6) is 0.286. The Labute approximate surface area is 120 Å². The summed E-state index contributed by atoms with van der Waals surface area (Å²) in [6, 6.07) is 5.38. The Hall–Kier alpha value is -0.640. The summed E-state index contributed by atoms with van der Waals surface area (Å²) < 4.78 is 13.4. The molecule has 2 nitrogen and oxygen atoms in total. The molecule has 1 rings (SSSR count). The monoisotopic (exact) mass is 286 g/mol. The van der Waals surface area contributed by atoms with Gasteiger partial charge in [0, 0.05) is 19.1 Å². The van der Waals surface area contributed by atoms with Crippen LogP contribution >= 0.6 is 11.6 Å². The molecular formula is C15H24ClFN2. The smallest absolute Gasteiger partial charge is 0.142 e. The van der Waals surface area contributed by atoms with Crippen molar-refractivity contribution < 1.29 is 4.39 Å². The summed E-state index contributed by atoms with van der Waals surface area (Å²) in [5, 5.41) is 3.67. The van der Waals surface area contributed by atoms with Gasteiger partial charge in [-0.25, -0.2) is 4.39 Å². The third-order valence-electron chi connectivity index (χ3n) is 2.92. The topological polar surface area (TPSA) is 15.3 Å². The van der Waals surface area contributed by atoms with E-state index in [2.05, 4.69) is 38.2 Å². The summed E-state index contributed by atoms with van der Waals surface area (Å²) in [7, 11) is 4.13. The highest BCUT2D eigenvalue weighted by molar-refractivity contribution is 6.30. The molecule has 0 aromatic heterocycles. The predicted molar refractivity (Wildman–Crippen MR) is 80.0 cm³/mol. The van der Waals surface area contributed by atoms with Crippen molar-refractivity contribution in [3.63, 3.8) is 0 Å². The lowest BCUT2D eigenvalue weighted by Crippen LogP contribution is -2.38. The zero-order valence-corrected chi connectivity index (χ0v) is 13.0. The van der Waals surface area contributed by atoms with E-state index in [-0.39, 0.29) is 10.8 Å². The Kier molecular flexibility index (Phi) is 6.76. The van der Waals surface area contributed by atoms with Crippen LogP contribution in [0.2, 0.25) is 5.02 Å². The molecule has 0 aliphatic heterocycles.